The second-order valence-electron chi connectivity index (χ2n) is 6.16. The maximum absolute atomic E-state index is 14.2. The van der Waals surface area contributed by atoms with Crippen molar-refractivity contribution in [2.45, 2.75) is 25.9 Å². The van der Waals surface area contributed by atoms with E-state index in [4.69, 9.17) is 9.47 Å². The number of ether oxygens (including phenoxy) is 2. The fraction of sp³-hybridized carbons (Fsp3) is 0.444. The van der Waals surface area contributed by atoms with Crippen molar-refractivity contribution in [1.82, 2.24) is 14.3 Å². The van der Waals surface area contributed by atoms with Gasteiger partial charge in [0.25, 0.3) is 5.88 Å². The van der Waals surface area contributed by atoms with Gasteiger partial charge in [0.1, 0.15) is 24.8 Å². The first-order valence-electron chi connectivity index (χ1n) is 8.81. The van der Waals surface area contributed by atoms with Crippen LogP contribution in [0.2, 0.25) is 0 Å². The van der Waals surface area contributed by atoms with E-state index in [1.807, 2.05) is 18.2 Å². The van der Waals surface area contributed by atoms with Gasteiger partial charge in [0.05, 0.1) is 18.0 Å². The number of hydrogen-bond acceptors (Lipinski definition) is 6. The van der Waals surface area contributed by atoms with E-state index in [0.717, 1.165) is 0 Å². The number of rotatable bonds is 8. The Morgan fingerprint density at radius 3 is 2.78 bits per heavy atom. The quantitative estimate of drug-likeness (QED) is 0.680. The monoisotopic (exact) mass is 395 g/mol. The van der Waals surface area contributed by atoms with Crippen LogP contribution in [0.4, 0.5) is 4.39 Å². The molecule has 1 atom stereocenters. The molecule has 1 aliphatic rings. The van der Waals surface area contributed by atoms with Gasteiger partial charge in [-0.3, -0.25) is 0 Å². The summed E-state index contributed by atoms with van der Waals surface area (Å²) in [5, 5.41) is 0. The number of nitrogens with zero attached hydrogens (tertiary/aromatic N) is 3. The molecule has 9 heteroatoms. The summed E-state index contributed by atoms with van der Waals surface area (Å²) in [7, 11) is -3.48. The number of halogens is 1. The van der Waals surface area contributed by atoms with Crippen LogP contribution in [-0.2, 0) is 16.4 Å². The highest BCUT2D eigenvalue weighted by Gasteiger charge is 2.33. The van der Waals surface area contributed by atoms with Gasteiger partial charge in [-0.2, -0.15) is 13.7 Å². The number of benzene rings is 1. The van der Waals surface area contributed by atoms with Crippen LogP contribution >= 0.6 is 0 Å². The van der Waals surface area contributed by atoms with Crippen LogP contribution < -0.4 is 9.47 Å². The Hall–Kier alpha value is -2.26. The molecule has 0 unspecified atom stereocenters. The van der Waals surface area contributed by atoms with E-state index in [0.29, 0.717) is 25.1 Å². The van der Waals surface area contributed by atoms with Gasteiger partial charge < -0.3 is 9.47 Å². The van der Waals surface area contributed by atoms with Gasteiger partial charge >= 0.3 is 0 Å². The predicted octanol–water partition coefficient (Wildman–Crippen LogP) is 2.04. The van der Waals surface area contributed by atoms with Crippen LogP contribution in [0.3, 0.4) is 0 Å². The number of aromatic nitrogens is 2. The minimum Gasteiger partial charge on any atom is -0.492 e. The third-order valence-corrected chi connectivity index (χ3v) is 6.10. The summed E-state index contributed by atoms with van der Waals surface area (Å²) in [5.41, 5.74) is 0.278. The van der Waals surface area contributed by atoms with Crippen molar-refractivity contribution in [2.24, 2.45) is 0 Å². The molecule has 0 spiro atoms. The van der Waals surface area contributed by atoms with Crippen LogP contribution in [-0.4, -0.2) is 54.2 Å². The summed E-state index contributed by atoms with van der Waals surface area (Å²) >= 11 is 0. The highest BCUT2D eigenvalue weighted by atomic mass is 32.2. The van der Waals surface area contributed by atoms with Gasteiger partial charge in [0.15, 0.2) is 0 Å². The van der Waals surface area contributed by atoms with Crippen molar-refractivity contribution in [3.8, 4) is 11.6 Å². The average molecular weight is 395 g/mol. The first-order chi connectivity index (χ1) is 13.0. The van der Waals surface area contributed by atoms with Crippen molar-refractivity contribution in [2.75, 3.05) is 25.4 Å². The molecular formula is C18H22FN3O4S. The molecule has 2 heterocycles. The van der Waals surface area contributed by atoms with E-state index < -0.39 is 21.9 Å². The summed E-state index contributed by atoms with van der Waals surface area (Å²) in [6.45, 7) is 2.34. The molecule has 0 aliphatic carbocycles. The zero-order valence-corrected chi connectivity index (χ0v) is 15.9. The second-order valence-corrected chi connectivity index (χ2v) is 8.25. The Morgan fingerprint density at radius 2 is 2.04 bits per heavy atom. The first kappa shape index (κ1) is 19.5. The lowest BCUT2D eigenvalue weighted by atomic mass is 10.3. The minimum atomic E-state index is -3.48. The third kappa shape index (κ3) is 4.92. The second kappa shape index (κ2) is 8.62. The lowest BCUT2D eigenvalue weighted by Gasteiger charge is -2.17. The molecule has 0 radical (unpaired) electrons. The molecular weight excluding hydrogens is 373 g/mol. The number of aryl methyl sites for hydroxylation is 1. The van der Waals surface area contributed by atoms with Crippen LogP contribution in [0.5, 0.6) is 11.6 Å². The first-order valence-corrected chi connectivity index (χ1v) is 10.4. The molecule has 1 aromatic carbocycles. The van der Waals surface area contributed by atoms with E-state index >= 15 is 0 Å². The Kier molecular flexibility index (Phi) is 6.22. The third-order valence-electron chi connectivity index (χ3n) is 4.30. The highest BCUT2D eigenvalue weighted by Crippen LogP contribution is 2.22. The van der Waals surface area contributed by atoms with E-state index in [-0.39, 0.29) is 30.5 Å². The van der Waals surface area contributed by atoms with Gasteiger partial charge in [-0.05, 0) is 25.0 Å². The van der Waals surface area contributed by atoms with Crippen LogP contribution in [0.25, 0.3) is 0 Å². The fourth-order valence-electron chi connectivity index (χ4n) is 2.83. The summed E-state index contributed by atoms with van der Waals surface area (Å²) in [4.78, 5) is 7.68. The topological polar surface area (TPSA) is 81.6 Å². The van der Waals surface area contributed by atoms with Crippen molar-refractivity contribution in [3.05, 3.63) is 48.2 Å². The number of para-hydroxylation sites is 1. The summed E-state index contributed by atoms with van der Waals surface area (Å²) < 4.78 is 51.5. The van der Waals surface area contributed by atoms with Crippen molar-refractivity contribution < 1.29 is 22.3 Å². The summed E-state index contributed by atoms with van der Waals surface area (Å²) in [6, 6.07) is 9.04. The molecule has 1 aromatic heterocycles. The zero-order chi connectivity index (χ0) is 19.3. The van der Waals surface area contributed by atoms with Gasteiger partial charge in [-0.25, -0.2) is 13.4 Å². The molecule has 1 aliphatic heterocycles. The molecule has 3 rings (SSSR count). The van der Waals surface area contributed by atoms with E-state index in [1.54, 1.807) is 19.1 Å². The van der Waals surface area contributed by atoms with Gasteiger partial charge in [-0.15, -0.1) is 0 Å². The largest absolute Gasteiger partial charge is 0.492 e. The van der Waals surface area contributed by atoms with E-state index in [2.05, 4.69) is 9.97 Å². The molecule has 0 amide bonds. The van der Waals surface area contributed by atoms with Crippen LogP contribution in [0, 0.1) is 5.82 Å². The Bertz CT molecular complexity index is 864. The molecule has 2 aromatic rings. The smallest absolute Gasteiger partial charge is 0.254 e. The van der Waals surface area contributed by atoms with Crippen molar-refractivity contribution in [1.29, 1.82) is 0 Å². The minimum absolute atomic E-state index is 0.0643. The molecule has 1 saturated heterocycles. The number of hydrogen-bond donors (Lipinski definition) is 0. The van der Waals surface area contributed by atoms with E-state index in [1.165, 1.54) is 10.6 Å². The molecule has 0 saturated carbocycles. The summed E-state index contributed by atoms with van der Waals surface area (Å²) in [6.07, 6.45) is 1.71. The van der Waals surface area contributed by atoms with Gasteiger partial charge in [0, 0.05) is 6.54 Å². The van der Waals surface area contributed by atoms with Gasteiger partial charge in [0.2, 0.25) is 15.8 Å². The van der Waals surface area contributed by atoms with Crippen LogP contribution in [0.15, 0.2) is 36.7 Å². The Labute approximate surface area is 158 Å². The maximum Gasteiger partial charge on any atom is 0.254 e. The normalized spacial score (nSPS) is 17.8. The molecule has 7 nitrogen and oxygen atoms in total. The molecule has 146 valence electrons. The molecule has 0 N–H and O–H groups in total. The standard InChI is InChI=1S/C18H22FN3O4S/c1-2-16-17(19)18(21-13-20-16)26-15-8-9-22(12-15)27(23,24)11-10-25-14-6-4-3-5-7-14/h3-7,13,15H,2,8-12H2,1H3/t15-/m1/s1. The summed E-state index contributed by atoms with van der Waals surface area (Å²) in [5.74, 6) is -0.214. The lowest BCUT2D eigenvalue weighted by molar-refractivity contribution is 0.195. The Morgan fingerprint density at radius 1 is 1.26 bits per heavy atom. The van der Waals surface area contributed by atoms with Crippen molar-refractivity contribution >= 4 is 10.0 Å². The fourth-order valence-corrected chi connectivity index (χ4v) is 4.16. The average Bonchev–Trinajstić information content (AvgIpc) is 3.14. The predicted molar refractivity (Wildman–Crippen MR) is 97.7 cm³/mol. The van der Waals surface area contributed by atoms with E-state index in [9.17, 15) is 12.8 Å². The lowest BCUT2D eigenvalue weighted by Crippen LogP contribution is -2.34. The molecule has 1 fully saturated rings. The van der Waals surface area contributed by atoms with Crippen molar-refractivity contribution in [3.63, 3.8) is 0 Å². The molecule has 0 bridgehead atoms. The van der Waals surface area contributed by atoms with Crippen LogP contribution in [0.1, 0.15) is 19.0 Å². The van der Waals surface area contributed by atoms with Gasteiger partial charge in [-0.1, -0.05) is 25.1 Å². The Balaban J connectivity index is 1.53. The maximum atomic E-state index is 14.2. The number of sulfonamides is 1. The zero-order valence-electron chi connectivity index (χ0n) is 15.0. The SMILES string of the molecule is CCc1ncnc(O[C@@H]2CCN(S(=O)(=O)CCOc3ccccc3)C2)c1F. The molecule has 27 heavy (non-hydrogen) atoms. The highest BCUT2D eigenvalue weighted by molar-refractivity contribution is 7.89.